The summed E-state index contributed by atoms with van der Waals surface area (Å²) in [4.78, 5) is 37.2. The fraction of sp³-hybridized carbons (Fsp3) is 0.250. The van der Waals surface area contributed by atoms with E-state index in [2.05, 4.69) is 5.32 Å². The number of ether oxygens (including phenoxy) is 1. The molecular formula is C20H21ClN2O4. The molecule has 7 heteroatoms. The van der Waals surface area contributed by atoms with Gasteiger partial charge in [0, 0.05) is 36.8 Å². The van der Waals surface area contributed by atoms with Crippen LogP contribution in [0.1, 0.15) is 30.6 Å². The third-order valence-corrected chi connectivity index (χ3v) is 4.24. The Morgan fingerprint density at radius 3 is 2.44 bits per heavy atom. The summed E-state index contributed by atoms with van der Waals surface area (Å²) < 4.78 is 5.07. The molecule has 0 aliphatic rings. The molecule has 0 aliphatic carbocycles. The minimum absolute atomic E-state index is 0.0884. The molecule has 0 saturated carbocycles. The maximum Gasteiger partial charge on any atom is 0.226 e. The highest BCUT2D eigenvalue weighted by atomic mass is 35.5. The van der Waals surface area contributed by atoms with Gasteiger partial charge in [-0.25, -0.2) is 0 Å². The van der Waals surface area contributed by atoms with Gasteiger partial charge in [0.1, 0.15) is 5.75 Å². The van der Waals surface area contributed by atoms with Crippen molar-refractivity contribution < 1.29 is 19.1 Å². The van der Waals surface area contributed by atoms with Gasteiger partial charge in [-0.3, -0.25) is 14.4 Å². The number of carbonyl (C=O) groups is 3. The van der Waals surface area contributed by atoms with Gasteiger partial charge in [0.05, 0.1) is 12.1 Å². The van der Waals surface area contributed by atoms with Crippen molar-refractivity contribution in [3.63, 3.8) is 0 Å². The summed E-state index contributed by atoms with van der Waals surface area (Å²) in [5.41, 5.74) is 1.63. The molecule has 0 radical (unpaired) electrons. The average Bonchev–Trinajstić information content (AvgIpc) is 2.62. The molecule has 0 aliphatic heterocycles. The Kier molecular flexibility index (Phi) is 6.96. The number of carbonyl (C=O) groups excluding carboxylic acids is 3. The van der Waals surface area contributed by atoms with Gasteiger partial charge < -0.3 is 15.0 Å². The Morgan fingerprint density at radius 1 is 1.11 bits per heavy atom. The largest absolute Gasteiger partial charge is 0.495 e. The third-order valence-electron chi connectivity index (χ3n) is 3.94. The van der Waals surface area contributed by atoms with Crippen LogP contribution in [-0.2, 0) is 9.59 Å². The summed E-state index contributed by atoms with van der Waals surface area (Å²) in [6.07, 6.45) is 0.0908. The minimum atomic E-state index is -0.259. The molecule has 27 heavy (non-hydrogen) atoms. The number of Topliss-reactive ketones (excluding diaryl/α,β-unsaturated/α-hetero) is 1. The van der Waals surface area contributed by atoms with E-state index < -0.39 is 0 Å². The SMILES string of the molecule is COc1ccc(NC(=O)CCN(C(C)=O)c2cccc(C(C)=O)c2)cc1Cl. The first-order valence-electron chi connectivity index (χ1n) is 8.34. The molecule has 0 aromatic heterocycles. The van der Waals surface area contributed by atoms with Crippen LogP contribution in [0.3, 0.4) is 0 Å². The quantitative estimate of drug-likeness (QED) is 0.729. The molecule has 0 saturated heterocycles. The molecule has 2 amide bonds. The fourth-order valence-corrected chi connectivity index (χ4v) is 2.80. The van der Waals surface area contributed by atoms with Crippen molar-refractivity contribution in [2.45, 2.75) is 20.3 Å². The Bertz CT molecular complexity index is 867. The number of ketones is 1. The number of benzene rings is 2. The first kappa shape index (κ1) is 20.5. The molecule has 0 fully saturated rings. The van der Waals surface area contributed by atoms with Gasteiger partial charge in [-0.15, -0.1) is 0 Å². The molecule has 0 heterocycles. The summed E-state index contributed by atoms with van der Waals surface area (Å²) in [6, 6.07) is 11.7. The number of nitrogens with one attached hydrogen (secondary N) is 1. The number of nitrogens with zero attached hydrogens (tertiary/aromatic N) is 1. The van der Waals surface area contributed by atoms with Crippen molar-refractivity contribution in [2.75, 3.05) is 23.9 Å². The van der Waals surface area contributed by atoms with Gasteiger partial charge >= 0.3 is 0 Å². The maximum atomic E-state index is 12.2. The van der Waals surface area contributed by atoms with Crippen LogP contribution in [0.15, 0.2) is 42.5 Å². The van der Waals surface area contributed by atoms with Gasteiger partial charge in [0.25, 0.3) is 0 Å². The second kappa shape index (κ2) is 9.19. The van der Waals surface area contributed by atoms with E-state index in [0.29, 0.717) is 27.7 Å². The summed E-state index contributed by atoms with van der Waals surface area (Å²) in [7, 11) is 1.51. The summed E-state index contributed by atoms with van der Waals surface area (Å²) in [5, 5.41) is 3.13. The minimum Gasteiger partial charge on any atom is -0.495 e. The summed E-state index contributed by atoms with van der Waals surface area (Å²) in [6.45, 7) is 3.07. The molecule has 0 bridgehead atoms. The van der Waals surface area contributed by atoms with E-state index in [-0.39, 0.29) is 30.6 Å². The van der Waals surface area contributed by atoms with E-state index in [4.69, 9.17) is 16.3 Å². The van der Waals surface area contributed by atoms with Crippen molar-refractivity contribution in [3.05, 3.63) is 53.1 Å². The van der Waals surface area contributed by atoms with Crippen LogP contribution in [-0.4, -0.2) is 31.3 Å². The van der Waals surface area contributed by atoms with Crippen LogP contribution in [0.25, 0.3) is 0 Å². The molecule has 0 unspecified atom stereocenters. The normalized spacial score (nSPS) is 10.2. The average molecular weight is 389 g/mol. The predicted octanol–water partition coefficient (Wildman–Crippen LogP) is 3.93. The van der Waals surface area contributed by atoms with Gasteiger partial charge in [-0.2, -0.15) is 0 Å². The number of rotatable bonds is 7. The van der Waals surface area contributed by atoms with Crippen LogP contribution in [0.5, 0.6) is 5.75 Å². The van der Waals surface area contributed by atoms with Crippen molar-refractivity contribution in [1.82, 2.24) is 0 Å². The van der Waals surface area contributed by atoms with E-state index in [1.165, 1.54) is 25.9 Å². The zero-order valence-electron chi connectivity index (χ0n) is 15.4. The van der Waals surface area contributed by atoms with Crippen LogP contribution >= 0.6 is 11.6 Å². The van der Waals surface area contributed by atoms with E-state index in [1.807, 2.05) is 0 Å². The molecule has 6 nitrogen and oxygen atoms in total. The van der Waals surface area contributed by atoms with E-state index in [0.717, 1.165) is 0 Å². The monoisotopic (exact) mass is 388 g/mol. The Labute approximate surface area is 163 Å². The second-order valence-corrected chi connectivity index (χ2v) is 6.33. The number of methoxy groups -OCH3 is 1. The highest BCUT2D eigenvalue weighted by Crippen LogP contribution is 2.27. The summed E-state index contributed by atoms with van der Waals surface area (Å²) in [5.74, 6) is -0.0431. The van der Waals surface area contributed by atoms with Crippen LogP contribution in [0, 0.1) is 0 Å². The van der Waals surface area contributed by atoms with E-state index in [1.54, 1.807) is 42.5 Å². The predicted molar refractivity (Wildman–Crippen MR) is 106 cm³/mol. The van der Waals surface area contributed by atoms with Gasteiger partial charge in [0.2, 0.25) is 11.8 Å². The topological polar surface area (TPSA) is 75.7 Å². The molecule has 2 rings (SSSR count). The lowest BCUT2D eigenvalue weighted by atomic mass is 10.1. The van der Waals surface area contributed by atoms with E-state index in [9.17, 15) is 14.4 Å². The number of anilines is 2. The first-order chi connectivity index (χ1) is 12.8. The van der Waals surface area contributed by atoms with Crippen LogP contribution < -0.4 is 15.0 Å². The molecule has 0 spiro atoms. The number of halogens is 1. The Balaban J connectivity index is 2.04. The summed E-state index contributed by atoms with van der Waals surface area (Å²) >= 11 is 6.05. The highest BCUT2D eigenvalue weighted by molar-refractivity contribution is 6.32. The lowest BCUT2D eigenvalue weighted by Gasteiger charge is -2.21. The van der Waals surface area contributed by atoms with E-state index >= 15 is 0 Å². The van der Waals surface area contributed by atoms with Crippen molar-refractivity contribution >= 4 is 40.6 Å². The maximum absolute atomic E-state index is 12.2. The lowest BCUT2D eigenvalue weighted by Crippen LogP contribution is -2.32. The zero-order chi connectivity index (χ0) is 20.0. The van der Waals surface area contributed by atoms with Gasteiger partial charge in [-0.1, -0.05) is 23.7 Å². The molecule has 1 N–H and O–H groups in total. The standard InChI is InChI=1S/C20H21ClN2O4/c1-13(24)15-5-4-6-17(11-15)23(14(2)25)10-9-20(26)22-16-7-8-19(27-3)18(21)12-16/h4-8,11-12H,9-10H2,1-3H3,(H,22,26). The van der Waals surface area contributed by atoms with Gasteiger partial charge in [-0.05, 0) is 37.3 Å². The number of hydrogen-bond donors (Lipinski definition) is 1. The lowest BCUT2D eigenvalue weighted by molar-refractivity contribution is -0.117. The molecule has 2 aromatic rings. The van der Waals surface area contributed by atoms with Crippen molar-refractivity contribution in [2.24, 2.45) is 0 Å². The highest BCUT2D eigenvalue weighted by Gasteiger charge is 2.15. The van der Waals surface area contributed by atoms with Gasteiger partial charge in [0.15, 0.2) is 5.78 Å². The Hall–Kier alpha value is -2.86. The number of amides is 2. The first-order valence-corrected chi connectivity index (χ1v) is 8.72. The van der Waals surface area contributed by atoms with Crippen molar-refractivity contribution in [1.29, 1.82) is 0 Å². The second-order valence-electron chi connectivity index (χ2n) is 5.92. The number of hydrogen-bond acceptors (Lipinski definition) is 4. The van der Waals surface area contributed by atoms with Crippen LogP contribution in [0.4, 0.5) is 11.4 Å². The molecular weight excluding hydrogens is 368 g/mol. The Morgan fingerprint density at radius 2 is 1.85 bits per heavy atom. The van der Waals surface area contributed by atoms with Crippen molar-refractivity contribution in [3.8, 4) is 5.75 Å². The molecule has 142 valence electrons. The zero-order valence-corrected chi connectivity index (χ0v) is 16.2. The van der Waals surface area contributed by atoms with Crippen LogP contribution in [0.2, 0.25) is 5.02 Å². The fourth-order valence-electron chi connectivity index (χ4n) is 2.54. The smallest absolute Gasteiger partial charge is 0.226 e. The molecule has 2 aromatic carbocycles. The third kappa shape index (κ3) is 5.56. The molecule has 0 atom stereocenters.